The highest BCUT2D eigenvalue weighted by Gasteiger charge is 2.26. The molecular weight excluding hydrogens is 310 g/mol. The summed E-state index contributed by atoms with van der Waals surface area (Å²) in [4.78, 5) is 17.2. The summed E-state index contributed by atoms with van der Waals surface area (Å²) in [6.07, 6.45) is 1.20. The molecule has 0 N–H and O–H groups in total. The van der Waals surface area contributed by atoms with Gasteiger partial charge in [0.05, 0.1) is 12.7 Å². The van der Waals surface area contributed by atoms with Gasteiger partial charge in [0.15, 0.2) is 8.68 Å². The van der Waals surface area contributed by atoms with E-state index in [2.05, 4.69) is 4.98 Å². The van der Waals surface area contributed by atoms with E-state index in [1.807, 2.05) is 13.8 Å². The van der Waals surface area contributed by atoms with Crippen LogP contribution < -0.4 is 0 Å². The third kappa shape index (κ3) is 3.88. The summed E-state index contributed by atoms with van der Waals surface area (Å²) >= 11 is 6.49. The summed E-state index contributed by atoms with van der Waals surface area (Å²) in [5.41, 5.74) is 0. The zero-order valence-electron chi connectivity index (χ0n) is 11.0. The quantitative estimate of drug-likeness (QED) is 0.790. The normalized spacial score (nSPS) is 11.8. The number of rotatable bonds is 6. The molecule has 1 aromatic heterocycles. The number of sulfonamides is 1. The Bertz CT molecular complexity index is 540. The van der Waals surface area contributed by atoms with Gasteiger partial charge in [-0.1, -0.05) is 22.9 Å². The fourth-order valence-corrected chi connectivity index (χ4v) is 4.09. The Labute approximate surface area is 122 Å². The number of hydrogen-bond acceptors (Lipinski definition) is 5. The number of carbonyl (C=O) groups excluding carboxylic acids is 1. The van der Waals surface area contributed by atoms with Gasteiger partial charge in [-0.25, -0.2) is 13.4 Å². The molecule has 0 saturated heterocycles. The minimum absolute atomic E-state index is 0.0346. The molecule has 0 aliphatic carbocycles. The summed E-state index contributed by atoms with van der Waals surface area (Å²) in [6.45, 7) is 4.60. The van der Waals surface area contributed by atoms with Gasteiger partial charge < -0.3 is 4.90 Å². The molecule has 0 aromatic carbocycles. The van der Waals surface area contributed by atoms with Crippen LogP contribution in [-0.4, -0.2) is 55.2 Å². The summed E-state index contributed by atoms with van der Waals surface area (Å²) in [5.74, 6) is -0.230. The van der Waals surface area contributed by atoms with Crippen molar-refractivity contribution < 1.29 is 13.2 Å². The van der Waals surface area contributed by atoms with E-state index in [0.29, 0.717) is 13.1 Å². The first-order valence-electron chi connectivity index (χ1n) is 5.68. The van der Waals surface area contributed by atoms with Crippen LogP contribution in [0.15, 0.2) is 10.4 Å². The van der Waals surface area contributed by atoms with Crippen molar-refractivity contribution in [1.82, 2.24) is 14.2 Å². The first-order chi connectivity index (χ1) is 8.82. The number of halogens is 1. The Hall–Kier alpha value is -0.700. The van der Waals surface area contributed by atoms with E-state index in [1.54, 1.807) is 4.90 Å². The molecule has 0 spiro atoms. The largest absolute Gasteiger partial charge is 0.342 e. The van der Waals surface area contributed by atoms with Gasteiger partial charge in [0.1, 0.15) is 0 Å². The monoisotopic (exact) mass is 325 g/mol. The van der Waals surface area contributed by atoms with Gasteiger partial charge in [0, 0.05) is 20.1 Å². The van der Waals surface area contributed by atoms with E-state index >= 15 is 0 Å². The van der Waals surface area contributed by atoms with E-state index in [-0.39, 0.29) is 21.1 Å². The van der Waals surface area contributed by atoms with E-state index in [1.165, 1.54) is 13.2 Å². The molecule has 0 bridgehead atoms. The fourth-order valence-electron chi connectivity index (χ4n) is 1.46. The van der Waals surface area contributed by atoms with Crippen molar-refractivity contribution in [2.75, 3.05) is 26.7 Å². The van der Waals surface area contributed by atoms with Crippen molar-refractivity contribution in [2.24, 2.45) is 0 Å². The first-order valence-corrected chi connectivity index (χ1v) is 8.31. The Morgan fingerprint density at radius 3 is 2.42 bits per heavy atom. The van der Waals surface area contributed by atoms with E-state index < -0.39 is 10.0 Å². The van der Waals surface area contributed by atoms with Gasteiger partial charge in [0.25, 0.3) is 10.0 Å². The van der Waals surface area contributed by atoms with Gasteiger partial charge >= 0.3 is 0 Å². The number of carbonyl (C=O) groups is 1. The number of amides is 1. The van der Waals surface area contributed by atoms with Gasteiger partial charge in [0.2, 0.25) is 5.91 Å². The maximum Gasteiger partial charge on any atom is 0.254 e. The standard InChI is InChI=1S/C10H16ClN3O3S2/c1-4-14(5-2)8(15)7-13(3)19(16,17)9-6-12-10(11)18-9/h6H,4-5,7H2,1-3H3. The van der Waals surface area contributed by atoms with Crippen LogP contribution in [0.3, 0.4) is 0 Å². The Morgan fingerprint density at radius 2 is 2.00 bits per heavy atom. The molecule has 0 aliphatic heterocycles. The number of thiazole rings is 1. The van der Waals surface area contributed by atoms with E-state index in [4.69, 9.17) is 11.6 Å². The Kier molecular flexibility index (Phi) is 5.72. The van der Waals surface area contributed by atoms with Gasteiger partial charge in [-0.15, -0.1) is 0 Å². The van der Waals surface area contributed by atoms with Crippen LogP contribution in [0, 0.1) is 0 Å². The second kappa shape index (κ2) is 6.65. The molecular formula is C10H16ClN3O3S2. The second-order valence-corrected chi connectivity index (χ2v) is 7.64. The zero-order valence-corrected chi connectivity index (χ0v) is 13.3. The molecule has 19 heavy (non-hydrogen) atoms. The van der Waals surface area contributed by atoms with Crippen LogP contribution >= 0.6 is 22.9 Å². The molecule has 1 heterocycles. The number of nitrogens with zero attached hydrogens (tertiary/aromatic N) is 3. The van der Waals surface area contributed by atoms with Crippen LogP contribution in [0.2, 0.25) is 4.47 Å². The maximum atomic E-state index is 12.1. The van der Waals surface area contributed by atoms with Crippen molar-refractivity contribution in [3.05, 3.63) is 10.7 Å². The van der Waals surface area contributed by atoms with Crippen LogP contribution in [-0.2, 0) is 14.8 Å². The molecule has 0 aliphatic rings. The summed E-state index contributed by atoms with van der Waals surface area (Å²) in [6, 6.07) is 0. The summed E-state index contributed by atoms with van der Waals surface area (Å²) in [5, 5.41) is 0. The average molecular weight is 326 g/mol. The third-order valence-electron chi connectivity index (χ3n) is 2.59. The van der Waals surface area contributed by atoms with Crippen molar-refractivity contribution in [3.63, 3.8) is 0 Å². The fraction of sp³-hybridized carbons (Fsp3) is 0.600. The number of likely N-dealkylation sites (N-methyl/N-ethyl adjacent to an activating group) is 2. The van der Waals surface area contributed by atoms with Crippen LogP contribution in [0.1, 0.15) is 13.8 Å². The van der Waals surface area contributed by atoms with E-state index in [9.17, 15) is 13.2 Å². The molecule has 0 radical (unpaired) electrons. The SMILES string of the molecule is CCN(CC)C(=O)CN(C)S(=O)(=O)c1cnc(Cl)s1. The van der Waals surface area contributed by atoms with Crippen molar-refractivity contribution in [1.29, 1.82) is 0 Å². The van der Waals surface area contributed by atoms with Crippen molar-refractivity contribution >= 4 is 38.9 Å². The van der Waals surface area contributed by atoms with Crippen LogP contribution in [0.4, 0.5) is 0 Å². The second-order valence-electron chi connectivity index (χ2n) is 3.76. The molecule has 9 heteroatoms. The molecule has 1 rings (SSSR count). The van der Waals surface area contributed by atoms with Crippen molar-refractivity contribution in [2.45, 2.75) is 18.1 Å². The molecule has 6 nitrogen and oxygen atoms in total. The predicted molar refractivity (Wildman–Crippen MR) is 74.9 cm³/mol. The van der Waals surface area contributed by atoms with Crippen molar-refractivity contribution in [3.8, 4) is 0 Å². The van der Waals surface area contributed by atoms with Gasteiger partial charge in [-0.05, 0) is 13.8 Å². The maximum absolute atomic E-state index is 12.1. The molecule has 108 valence electrons. The molecule has 0 fully saturated rings. The highest BCUT2D eigenvalue weighted by molar-refractivity contribution is 7.91. The first kappa shape index (κ1) is 16.4. The minimum atomic E-state index is -3.71. The smallest absolute Gasteiger partial charge is 0.254 e. The highest BCUT2D eigenvalue weighted by Crippen LogP contribution is 2.24. The third-order valence-corrected chi connectivity index (χ3v) is 5.95. The lowest BCUT2D eigenvalue weighted by atomic mass is 10.4. The predicted octanol–water partition coefficient (Wildman–Crippen LogP) is 1.29. The van der Waals surface area contributed by atoms with E-state index in [0.717, 1.165) is 15.6 Å². The topological polar surface area (TPSA) is 70.6 Å². The average Bonchev–Trinajstić information content (AvgIpc) is 2.78. The zero-order chi connectivity index (χ0) is 14.6. The number of aromatic nitrogens is 1. The Morgan fingerprint density at radius 1 is 1.42 bits per heavy atom. The lowest BCUT2D eigenvalue weighted by molar-refractivity contribution is -0.130. The molecule has 0 atom stereocenters. The number of hydrogen-bond donors (Lipinski definition) is 0. The van der Waals surface area contributed by atoms with Crippen LogP contribution in [0.5, 0.6) is 0 Å². The molecule has 0 saturated carbocycles. The minimum Gasteiger partial charge on any atom is -0.342 e. The summed E-state index contributed by atoms with van der Waals surface area (Å²) < 4.78 is 25.5. The molecule has 0 unspecified atom stereocenters. The lowest BCUT2D eigenvalue weighted by Gasteiger charge is -2.22. The summed E-state index contributed by atoms with van der Waals surface area (Å²) in [7, 11) is -2.34. The molecule has 1 aromatic rings. The van der Waals surface area contributed by atoms with Gasteiger partial charge in [-0.3, -0.25) is 4.79 Å². The lowest BCUT2D eigenvalue weighted by Crippen LogP contribution is -2.40. The molecule has 1 amide bonds. The van der Waals surface area contributed by atoms with Crippen LogP contribution in [0.25, 0.3) is 0 Å². The van der Waals surface area contributed by atoms with Gasteiger partial charge in [-0.2, -0.15) is 4.31 Å². The highest BCUT2D eigenvalue weighted by atomic mass is 35.5. The Balaban J connectivity index is 2.83.